The summed E-state index contributed by atoms with van der Waals surface area (Å²) in [5, 5.41) is 5.09. The van der Waals surface area contributed by atoms with Crippen molar-refractivity contribution in [3.8, 4) is 22.7 Å². The van der Waals surface area contributed by atoms with Crippen LogP contribution >= 0.6 is 11.6 Å². The molecule has 7 heteroatoms. The van der Waals surface area contributed by atoms with Crippen molar-refractivity contribution in [1.29, 1.82) is 0 Å². The van der Waals surface area contributed by atoms with E-state index in [0.717, 1.165) is 28.2 Å². The van der Waals surface area contributed by atoms with Gasteiger partial charge in [-0.25, -0.2) is 14.5 Å². The minimum Gasteiger partial charge on any atom is -0.487 e. The molecule has 2 aromatic carbocycles. The summed E-state index contributed by atoms with van der Waals surface area (Å²) >= 11 is 6.42. The number of hydrogen-bond donors (Lipinski definition) is 0. The number of pyridine rings is 1. The van der Waals surface area contributed by atoms with Crippen LogP contribution in [0.5, 0.6) is 5.75 Å². The quantitative estimate of drug-likeness (QED) is 0.318. The van der Waals surface area contributed by atoms with Crippen LogP contribution in [-0.2, 0) is 11.3 Å². The highest BCUT2D eigenvalue weighted by atomic mass is 35.5. The zero-order chi connectivity index (χ0) is 23.4. The Balaban J connectivity index is 1.78. The molecule has 4 aromatic rings. The van der Waals surface area contributed by atoms with Gasteiger partial charge in [-0.15, -0.1) is 0 Å². The molecule has 0 spiro atoms. The van der Waals surface area contributed by atoms with Crippen molar-refractivity contribution in [2.45, 2.75) is 27.4 Å². The average Bonchev–Trinajstić information content (AvgIpc) is 3.16. The lowest BCUT2D eigenvalue weighted by molar-refractivity contribution is 0.0519. The summed E-state index contributed by atoms with van der Waals surface area (Å²) in [7, 11) is 0. The van der Waals surface area contributed by atoms with E-state index in [1.54, 1.807) is 19.1 Å². The number of halogens is 1. The molecule has 0 N–H and O–H groups in total. The normalized spacial score (nSPS) is 10.8. The molecule has 0 unspecified atom stereocenters. The average molecular weight is 462 g/mol. The molecular formula is C26H24ClN3O3. The summed E-state index contributed by atoms with van der Waals surface area (Å²) in [6, 6.07) is 20.8. The molecule has 0 atom stereocenters. The Kier molecular flexibility index (Phi) is 6.75. The largest absolute Gasteiger partial charge is 0.487 e. The maximum Gasteiger partial charge on any atom is 0.356 e. The second-order valence-electron chi connectivity index (χ2n) is 7.54. The number of carbonyl (C=O) groups is 1. The summed E-state index contributed by atoms with van der Waals surface area (Å²) in [6.07, 6.45) is 0. The summed E-state index contributed by atoms with van der Waals surface area (Å²) in [5.41, 5.74) is 5.16. The van der Waals surface area contributed by atoms with Crippen LogP contribution in [0, 0.1) is 13.8 Å². The highest BCUT2D eigenvalue weighted by Gasteiger charge is 2.18. The molecular weight excluding hydrogens is 438 g/mol. The first-order valence-corrected chi connectivity index (χ1v) is 11.0. The second kappa shape index (κ2) is 9.88. The van der Waals surface area contributed by atoms with Crippen LogP contribution in [0.4, 0.5) is 0 Å². The molecule has 2 aromatic heterocycles. The first-order chi connectivity index (χ1) is 16.0. The van der Waals surface area contributed by atoms with Crippen molar-refractivity contribution in [2.75, 3.05) is 6.61 Å². The molecule has 0 bridgehead atoms. The number of rotatable bonds is 7. The number of carbonyl (C=O) groups excluding carboxylic acids is 1. The van der Waals surface area contributed by atoms with Crippen molar-refractivity contribution in [3.05, 3.63) is 94.4 Å². The van der Waals surface area contributed by atoms with Gasteiger partial charge in [-0.1, -0.05) is 48.0 Å². The van der Waals surface area contributed by atoms with Crippen LogP contribution in [0.25, 0.3) is 16.9 Å². The number of esters is 1. The van der Waals surface area contributed by atoms with Gasteiger partial charge in [0, 0.05) is 11.3 Å². The monoisotopic (exact) mass is 461 g/mol. The Labute approximate surface area is 197 Å². The summed E-state index contributed by atoms with van der Waals surface area (Å²) in [6.45, 7) is 6.32. The smallest absolute Gasteiger partial charge is 0.356 e. The molecule has 0 aliphatic heterocycles. The van der Waals surface area contributed by atoms with Crippen LogP contribution < -0.4 is 4.74 Å². The van der Waals surface area contributed by atoms with E-state index in [9.17, 15) is 4.79 Å². The lowest BCUT2D eigenvalue weighted by Crippen LogP contribution is -2.10. The highest BCUT2D eigenvalue weighted by Crippen LogP contribution is 2.33. The van der Waals surface area contributed by atoms with Gasteiger partial charge in [-0.2, -0.15) is 5.10 Å². The molecule has 6 nitrogen and oxygen atoms in total. The minimum atomic E-state index is -0.479. The van der Waals surface area contributed by atoms with Gasteiger partial charge in [0.25, 0.3) is 0 Å². The van der Waals surface area contributed by atoms with Crippen molar-refractivity contribution in [3.63, 3.8) is 0 Å². The predicted octanol–water partition coefficient (Wildman–Crippen LogP) is 5.96. The SMILES string of the molecule is CCOC(=O)c1ccc(-n2nc(C)cc2C)c(-c2ccc(Cl)c(OCc3ccccc3)c2)n1. The fourth-order valence-corrected chi connectivity index (χ4v) is 3.70. The molecule has 0 radical (unpaired) electrons. The lowest BCUT2D eigenvalue weighted by atomic mass is 10.1. The van der Waals surface area contributed by atoms with Crippen LogP contribution in [0.3, 0.4) is 0 Å². The van der Waals surface area contributed by atoms with Crippen LogP contribution in [0.1, 0.15) is 34.4 Å². The third kappa shape index (κ3) is 5.07. The van der Waals surface area contributed by atoms with Gasteiger partial charge >= 0.3 is 5.97 Å². The van der Waals surface area contributed by atoms with Gasteiger partial charge < -0.3 is 9.47 Å². The van der Waals surface area contributed by atoms with E-state index in [4.69, 9.17) is 21.1 Å². The van der Waals surface area contributed by atoms with Crippen molar-refractivity contribution < 1.29 is 14.3 Å². The number of nitrogens with zero attached hydrogens (tertiary/aromatic N) is 3. The molecule has 0 amide bonds. The highest BCUT2D eigenvalue weighted by molar-refractivity contribution is 6.32. The van der Waals surface area contributed by atoms with Crippen molar-refractivity contribution in [2.24, 2.45) is 0 Å². The minimum absolute atomic E-state index is 0.221. The van der Waals surface area contributed by atoms with E-state index in [2.05, 4.69) is 10.1 Å². The summed E-state index contributed by atoms with van der Waals surface area (Å²) < 4.78 is 13.0. The third-order valence-electron chi connectivity index (χ3n) is 5.04. The fraction of sp³-hybridized carbons (Fsp3) is 0.192. The third-order valence-corrected chi connectivity index (χ3v) is 5.35. The fourth-order valence-electron chi connectivity index (χ4n) is 3.52. The molecule has 4 rings (SSSR count). The molecule has 33 heavy (non-hydrogen) atoms. The van der Waals surface area contributed by atoms with Gasteiger partial charge in [0.1, 0.15) is 18.1 Å². The van der Waals surface area contributed by atoms with E-state index in [1.165, 1.54) is 0 Å². The van der Waals surface area contributed by atoms with Gasteiger partial charge in [0.05, 0.1) is 28.7 Å². The standard InChI is InChI=1S/C26H24ClN3O3/c1-4-32-26(31)22-12-13-23(30-18(3)14-17(2)29-30)25(28-22)20-10-11-21(27)24(15-20)33-16-19-8-6-5-7-9-19/h5-15H,4,16H2,1-3H3. The van der Waals surface area contributed by atoms with E-state index in [-0.39, 0.29) is 12.3 Å². The molecule has 0 fully saturated rings. The second-order valence-corrected chi connectivity index (χ2v) is 7.95. The van der Waals surface area contributed by atoms with Gasteiger partial charge in [0.2, 0.25) is 0 Å². The molecule has 0 saturated carbocycles. The number of benzene rings is 2. The van der Waals surface area contributed by atoms with Gasteiger partial charge in [0.15, 0.2) is 0 Å². The molecule has 0 aliphatic rings. The Morgan fingerprint density at radius 3 is 2.52 bits per heavy atom. The van der Waals surface area contributed by atoms with Crippen molar-refractivity contribution >= 4 is 17.6 Å². The zero-order valence-electron chi connectivity index (χ0n) is 18.7. The van der Waals surface area contributed by atoms with E-state index >= 15 is 0 Å². The molecule has 2 heterocycles. The van der Waals surface area contributed by atoms with Crippen molar-refractivity contribution in [1.82, 2.24) is 14.8 Å². The Hall–Kier alpha value is -3.64. The zero-order valence-corrected chi connectivity index (χ0v) is 19.5. The van der Waals surface area contributed by atoms with Gasteiger partial charge in [-0.3, -0.25) is 0 Å². The van der Waals surface area contributed by atoms with Crippen LogP contribution in [-0.4, -0.2) is 27.3 Å². The predicted molar refractivity (Wildman–Crippen MR) is 128 cm³/mol. The molecule has 168 valence electrons. The first-order valence-electron chi connectivity index (χ1n) is 10.6. The van der Waals surface area contributed by atoms with E-state index in [0.29, 0.717) is 23.1 Å². The summed E-state index contributed by atoms with van der Waals surface area (Å²) in [5.74, 6) is 0.0499. The Morgan fingerprint density at radius 1 is 1.03 bits per heavy atom. The maximum absolute atomic E-state index is 12.4. The van der Waals surface area contributed by atoms with Crippen LogP contribution in [0.15, 0.2) is 66.7 Å². The van der Waals surface area contributed by atoms with Crippen LogP contribution in [0.2, 0.25) is 5.02 Å². The Bertz CT molecular complexity index is 1290. The molecule has 0 aliphatic carbocycles. The number of ether oxygens (including phenoxy) is 2. The molecule has 0 saturated heterocycles. The maximum atomic E-state index is 12.4. The lowest BCUT2D eigenvalue weighted by Gasteiger charge is -2.14. The number of aromatic nitrogens is 3. The summed E-state index contributed by atoms with van der Waals surface area (Å²) in [4.78, 5) is 17.0. The Morgan fingerprint density at radius 2 is 1.82 bits per heavy atom. The van der Waals surface area contributed by atoms with E-state index in [1.807, 2.05) is 73.1 Å². The topological polar surface area (TPSA) is 66.2 Å². The first kappa shape index (κ1) is 22.6. The van der Waals surface area contributed by atoms with Gasteiger partial charge in [-0.05, 0) is 56.7 Å². The number of aryl methyl sites for hydroxylation is 2. The van der Waals surface area contributed by atoms with E-state index < -0.39 is 5.97 Å². The number of hydrogen-bond acceptors (Lipinski definition) is 5.